The fourth-order valence-corrected chi connectivity index (χ4v) is 4.10. The average molecular weight is 383 g/mol. The smallest absolute Gasteiger partial charge is 0.257 e. The molecule has 2 aromatic carbocycles. The molecule has 146 valence electrons. The Kier molecular flexibility index (Phi) is 4.45. The maximum atomic E-state index is 13.8. The van der Waals surface area contributed by atoms with Crippen LogP contribution in [0, 0.1) is 5.82 Å². The highest BCUT2D eigenvalue weighted by molar-refractivity contribution is 6.02. The lowest BCUT2D eigenvalue weighted by atomic mass is 9.90. The minimum Gasteiger partial charge on any atom is -0.496 e. The van der Waals surface area contributed by atoms with Crippen LogP contribution in [-0.4, -0.2) is 49.6 Å². The van der Waals surface area contributed by atoms with Crippen LogP contribution in [0.25, 0.3) is 0 Å². The van der Waals surface area contributed by atoms with Gasteiger partial charge in [-0.05, 0) is 30.3 Å². The van der Waals surface area contributed by atoms with Gasteiger partial charge in [0.1, 0.15) is 17.2 Å². The van der Waals surface area contributed by atoms with E-state index in [1.807, 2.05) is 24.1 Å². The molecule has 1 fully saturated rings. The first-order valence-electron chi connectivity index (χ1n) is 9.23. The lowest BCUT2D eigenvalue weighted by Crippen LogP contribution is -2.67. The van der Waals surface area contributed by atoms with Crippen LogP contribution in [0.5, 0.6) is 5.75 Å². The second-order valence-corrected chi connectivity index (χ2v) is 7.20. The van der Waals surface area contributed by atoms with Crippen molar-refractivity contribution in [1.82, 2.24) is 10.2 Å². The Balaban J connectivity index is 1.55. The first-order chi connectivity index (χ1) is 13.4. The van der Waals surface area contributed by atoms with E-state index in [0.29, 0.717) is 48.5 Å². The maximum absolute atomic E-state index is 13.8. The number of hydrogen-bond donors (Lipinski definition) is 1. The molecule has 0 bridgehead atoms. The zero-order chi connectivity index (χ0) is 19.9. The van der Waals surface area contributed by atoms with Gasteiger partial charge in [-0.1, -0.05) is 12.1 Å². The second-order valence-electron chi connectivity index (χ2n) is 7.20. The summed E-state index contributed by atoms with van der Waals surface area (Å²) in [7, 11) is 3.40. The summed E-state index contributed by atoms with van der Waals surface area (Å²) in [5, 5.41) is 3.08. The average Bonchev–Trinajstić information content (AvgIpc) is 2.72. The number of carbonyl (C=O) groups is 2. The van der Waals surface area contributed by atoms with E-state index in [1.165, 1.54) is 18.2 Å². The number of rotatable bonds is 2. The van der Waals surface area contributed by atoms with Gasteiger partial charge >= 0.3 is 0 Å². The number of benzene rings is 2. The predicted molar refractivity (Wildman–Crippen MR) is 103 cm³/mol. The van der Waals surface area contributed by atoms with Gasteiger partial charge < -0.3 is 19.9 Å². The lowest BCUT2D eigenvalue weighted by Gasteiger charge is -2.51. The van der Waals surface area contributed by atoms with E-state index in [-0.39, 0.29) is 17.6 Å². The highest BCUT2D eigenvalue weighted by atomic mass is 19.1. The Morgan fingerprint density at radius 3 is 2.61 bits per heavy atom. The van der Waals surface area contributed by atoms with Crippen molar-refractivity contribution in [2.75, 3.05) is 32.1 Å². The van der Waals surface area contributed by atoms with E-state index < -0.39 is 5.66 Å². The molecule has 0 aromatic heterocycles. The van der Waals surface area contributed by atoms with Gasteiger partial charge in [0.2, 0.25) is 0 Å². The van der Waals surface area contributed by atoms with Crippen LogP contribution in [0.4, 0.5) is 10.1 Å². The fraction of sp³-hybridized carbons (Fsp3) is 0.333. The van der Waals surface area contributed by atoms with Crippen molar-refractivity contribution < 1.29 is 18.7 Å². The molecule has 2 aliphatic rings. The van der Waals surface area contributed by atoms with Gasteiger partial charge in [-0.2, -0.15) is 0 Å². The second kappa shape index (κ2) is 6.82. The van der Waals surface area contributed by atoms with E-state index in [2.05, 4.69) is 5.32 Å². The number of carbonyl (C=O) groups excluding carboxylic acids is 2. The van der Waals surface area contributed by atoms with Crippen molar-refractivity contribution >= 4 is 17.5 Å². The van der Waals surface area contributed by atoms with Gasteiger partial charge in [0.25, 0.3) is 11.8 Å². The molecule has 2 aromatic rings. The van der Waals surface area contributed by atoms with Crippen molar-refractivity contribution in [2.45, 2.75) is 18.5 Å². The largest absolute Gasteiger partial charge is 0.496 e. The zero-order valence-corrected chi connectivity index (χ0v) is 15.9. The molecule has 2 aliphatic heterocycles. The standard InChI is InChI=1S/C21H22FN3O3/c1-24-17-13-14(22)7-8-15(17)19(26)23-21(24)9-11-25(12-10-21)20(27)16-5-3-4-6-18(16)28-2/h3-8,13H,9-12H2,1-2H3,(H,23,26). The van der Waals surface area contributed by atoms with Crippen molar-refractivity contribution in [2.24, 2.45) is 0 Å². The maximum Gasteiger partial charge on any atom is 0.257 e. The van der Waals surface area contributed by atoms with Gasteiger partial charge in [0.15, 0.2) is 0 Å². The van der Waals surface area contributed by atoms with E-state index in [1.54, 1.807) is 24.1 Å². The van der Waals surface area contributed by atoms with Crippen molar-refractivity contribution in [3.05, 3.63) is 59.4 Å². The summed E-state index contributed by atoms with van der Waals surface area (Å²) >= 11 is 0. The van der Waals surface area contributed by atoms with Crippen molar-refractivity contribution in [3.63, 3.8) is 0 Å². The third kappa shape index (κ3) is 2.87. The molecule has 1 saturated heterocycles. The number of nitrogens with zero attached hydrogens (tertiary/aromatic N) is 2. The van der Waals surface area contributed by atoms with Gasteiger partial charge in [0.05, 0.1) is 23.9 Å². The minimum absolute atomic E-state index is 0.0940. The van der Waals surface area contributed by atoms with E-state index in [4.69, 9.17) is 4.74 Å². The predicted octanol–water partition coefficient (Wildman–Crippen LogP) is 2.65. The van der Waals surface area contributed by atoms with Crippen LogP contribution in [0.15, 0.2) is 42.5 Å². The highest BCUT2D eigenvalue weighted by Crippen LogP contribution is 2.37. The molecule has 2 heterocycles. The number of halogens is 1. The number of piperidine rings is 1. The molecule has 2 amide bonds. The third-order valence-corrected chi connectivity index (χ3v) is 5.77. The zero-order valence-electron chi connectivity index (χ0n) is 15.9. The number of fused-ring (bicyclic) bond motifs is 1. The van der Waals surface area contributed by atoms with Gasteiger partial charge in [-0.3, -0.25) is 9.59 Å². The highest BCUT2D eigenvalue weighted by Gasteiger charge is 2.45. The van der Waals surface area contributed by atoms with Crippen LogP contribution < -0.4 is 15.0 Å². The van der Waals surface area contributed by atoms with Gasteiger partial charge in [-0.25, -0.2) is 4.39 Å². The molecule has 1 spiro atoms. The molecule has 28 heavy (non-hydrogen) atoms. The molecular weight excluding hydrogens is 361 g/mol. The van der Waals surface area contributed by atoms with Crippen molar-refractivity contribution in [1.29, 1.82) is 0 Å². The molecule has 4 rings (SSSR count). The number of anilines is 1. The van der Waals surface area contributed by atoms with Gasteiger partial charge in [-0.15, -0.1) is 0 Å². The summed E-state index contributed by atoms with van der Waals surface area (Å²) in [5.74, 6) is -0.138. The molecule has 0 atom stereocenters. The van der Waals surface area contributed by atoms with E-state index in [0.717, 1.165) is 0 Å². The SMILES string of the molecule is COc1ccccc1C(=O)N1CCC2(CC1)NC(=O)c1ccc(F)cc1N2C. The Morgan fingerprint density at radius 2 is 1.89 bits per heavy atom. The first kappa shape index (κ1) is 18.3. The summed E-state index contributed by atoms with van der Waals surface area (Å²) in [6.07, 6.45) is 1.10. The third-order valence-electron chi connectivity index (χ3n) is 5.77. The Bertz CT molecular complexity index is 938. The number of ether oxygens (including phenoxy) is 1. The molecule has 6 nitrogen and oxygen atoms in total. The van der Waals surface area contributed by atoms with E-state index in [9.17, 15) is 14.0 Å². The molecule has 1 N–H and O–H groups in total. The van der Waals surface area contributed by atoms with Crippen LogP contribution in [-0.2, 0) is 0 Å². The summed E-state index contributed by atoms with van der Waals surface area (Å²) in [4.78, 5) is 29.2. The topological polar surface area (TPSA) is 61.9 Å². The molecular formula is C21H22FN3O3. The Labute approximate surface area is 162 Å². The first-order valence-corrected chi connectivity index (χ1v) is 9.23. The number of para-hydroxylation sites is 1. The molecule has 0 aliphatic carbocycles. The van der Waals surface area contributed by atoms with Crippen molar-refractivity contribution in [3.8, 4) is 5.75 Å². The molecule has 0 radical (unpaired) electrons. The normalized spacial score (nSPS) is 17.9. The van der Waals surface area contributed by atoms with Crippen LogP contribution in [0.3, 0.4) is 0 Å². The minimum atomic E-state index is -0.630. The number of hydrogen-bond acceptors (Lipinski definition) is 4. The summed E-state index contributed by atoms with van der Waals surface area (Å²) in [6, 6.07) is 11.3. The quantitative estimate of drug-likeness (QED) is 0.866. The van der Waals surface area contributed by atoms with Crippen LogP contribution >= 0.6 is 0 Å². The van der Waals surface area contributed by atoms with Crippen LogP contribution in [0.2, 0.25) is 0 Å². The Hall–Kier alpha value is -3.09. The van der Waals surface area contributed by atoms with E-state index >= 15 is 0 Å². The molecule has 7 heteroatoms. The Morgan fingerprint density at radius 1 is 1.18 bits per heavy atom. The lowest BCUT2D eigenvalue weighted by molar-refractivity contribution is 0.0606. The van der Waals surface area contributed by atoms with Gasteiger partial charge in [0, 0.05) is 33.0 Å². The number of methoxy groups -OCH3 is 1. The number of likely N-dealkylation sites (tertiary alicyclic amines) is 1. The monoisotopic (exact) mass is 383 g/mol. The summed E-state index contributed by atoms with van der Waals surface area (Å²) in [5.41, 5.74) is 0.930. The fourth-order valence-electron chi connectivity index (χ4n) is 4.10. The summed E-state index contributed by atoms with van der Waals surface area (Å²) < 4.78 is 19.1. The van der Waals surface area contributed by atoms with Crippen LogP contribution in [0.1, 0.15) is 33.6 Å². The number of nitrogens with one attached hydrogen (secondary N) is 1. The molecule has 0 unspecified atom stereocenters. The summed E-state index contributed by atoms with van der Waals surface area (Å²) in [6.45, 7) is 0.957. The molecule has 0 saturated carbocycles. The number of amides is 2.